The fourth-order valence-electron chi connectivity index (χ4n) is 1.22. The highest BCUT2D eigenvalue weighted by Gasteiger charge is 2.04. The number of nitrogens with two attached hydrogens (primary N) is 1. The third kappa shape index (κ3) is 3.21. The predicted molar refractivity (Wildman–Crippen MR) is 64.1 cm³/mol. The van der Waals surface area contributed by atoms with Crippen LogP contribution in [0.1, 0.15) is 12.8 Å². The molecule has 0 saturated heterocycles. The van der Waals surface area contributed by atoms with E-state index in [-0.39, 0.29) is 5.91 Å². The van der Waals surface area contributed by atoms with Gasteiger partial charge in [-0.25, -0.2) is 0 Å². The van der Waals surface area contributed by atoms with Crippen molar-refractivity contribution >= 4 is 17.3 Å². The van der Waals surface area contributed by atoms with Gasteiger partial charge in [0, 0.05) is 18.5 Å². The minimum atomic E-state index is -0.123. The zero-order valence-corrected chi connectivity index (χ0v) is 9.12. The SMILES string of the molecule is C#CCCC(=O)Nc1ccc(OC)c(N)c1. The van der Waals surface area contributed by atoms with Crippen LogP contribution in [0.5, 0.6) is 5.75 Å². The van der Waals surface area contributed by atoms with Crippen LogP contribution in [0.15, 0.2) is 18.2 Å². The van der Waals surface area contributed by atoms with Crippen molar-refractivity contribution in [3.63, 3.8) is 0 Å². The topological polar surface area (TPSA) is 64.3 Å². The third-order valence-electron chi connectivity index (χ3n) is 2.01. The van der Waals surface area contributed by atoms with Gasteiger partial charge in [-0.05, 0) is 18.2 Å². The summed E-state index contributed by atoms with van der Waals surface area (Å²) in [5, 5.41) is 2.70. The van der Waals surface area contributed by atoms with Crippen molar-refractivity contribution in [2.45, 2.75) is 12.8 Å². The Balaban J connectivity index is 2.65. The summed E-state index contributed by atoms with van der Waals surface area (Å²) in [7, 11) is 1.54. The van der Waals surface area contributed by atoms with Crippen molar-refractivity contribution in [1.29, 1.82) is 0 Å². The number of carbonyl (C=O) groups is 1. The number of terminal acetylenes is 1. The maximum Gasteiger partial charge on any atom is 0.225 e. The monoisotopic (exact) mass is 218 g/mol. The molecule has 1 amide bonds. The van der Waals surface area contributed by atoms with Gasteiger partial charge >= 0.3 is 0 Å². The highest BCUT2D eigenvalue weighted by molar-refractivity contribution is 5.91. The molecule has 0 aliphatic carbocycles. The molecule has 0 fully saturated rings. The van der Waals surface area contributed by atoms with E-state index in [9.17, 15) is 4.79 Å². The number of hydrogen-bond acceptors (Lipinski definition) is 3. The number of carbonyl (C=O) groups excluding carboxylic acids is 1. The molecule has 84 valence electrons. The van der Waals surface area contributed by atoms with E-state index in [1.54, 1.807) is 18.2 Å². The van der Waals surface area contributed by atoms with Crippen LogP contribution in [-0.4, -0.2) is 13.0 Å². The number of nitrogen functional groups attached to an aromatic ring is 1. The Labute approximate surface area is 94.8 Å². The smallest absolute Gasteiger partial charge is 0.225 e. The molecule has 0 heterocycles. The second-order valence-electron chi connectivity index (χ2n) is 3.21. The van der Waals surface area contributed by atoms with Crippen LogP contribution in [0.4, 0.5) is 11.4 Å². The van der Waals surface area contributed by atoms with Crippen LogP contribution in [0, 0.1) is 12.3 Å². The van der Waals surface area contributed by atoms with E-state index in [1.165, 1.54) is 7.11 Å². The summed E-state index contributed by atoms with van der Waals surface area (Å²) in [6.07, 6.45) is 5.80. The lowest BCUT2D eigenvalue weighted by molar-refractivity contribution is -0.116. The second kappa shape index (κ2) is 5.66. The molecule has 0 unspecified atom stereocenters. The Hall–Kier alpha value is -2.15. The first-order valence-electron chi connectivity index (χ1n) is 4.84. The molecule has 0 spiro atoms. The molecule has 0 aliphatic heterocycles. The molecule has 0 aromatic heterocycles. The van der Waals surface area contributed by atoms with Gasteiger partial charge in [0.05, 0.1) is 12.8 Å². The van der Waals surface area contributed by atoms with E-state index >= 15 is 0 Å². The van der Waals surface area contributed by atoms with E-state index in [2.05, 4.69) is 11.2 Å². The van der Waals surface area contributed by atoms with Gasteiger partial charge in [0.1, 0.15) is 5.75 Å². The van der Waals surface area contributed by atoms with Crippen LogP contribution in [0.25, 0.3) is 0 Å². The van der Waals surface area contributed by atoms with Gasteiger partial charge in [-0.3, -0.25) is 4.79 Å². The second-order valence-corrected chi connectivity index (χ2v) is 3.21. The number of rotatable bonds is 4. The van der Waals surface area contributed by atoms with E-state index in [0.29, 0.717) is 30.0 Å². The number of anilines is 2. The van der Waals surface area contributed by atoms with E-state index < -0.39 is 0 Å². The Kier molecular flexibility index (Phi) is 4.22. The maximum atomic E-state index is 11.4. The first-order valence-corrected chi connectivity index (χ1v) is 4.84. The van der Waals surface area contributed by atoms with Crippen molar-refractivity contribution in [3.8, 4) is 18.1 Å². The summed E-state index contributed by atoms with van der Waals surface area (Å²) >= 11 is 0. The lowest BCUT2D eigenvalue weighted by Crippen LogP contribution is -2.11. The van der Waals surface area contributed by atoms with Gasteiger partial charge in [0.25, 0.3) is 0 Å². The van der Waals surface area contributed by atoms with Crippen LogP contribution < -0.4 is 15.8 Å². The predicted octanol–water partition coefficient (Wildman–Crippen LogP) is 1.63. The fraction of sp³-hybridized carbons (Fsp3) is 0.250. The summed E-state index contributed by atoms with van der Waals surface area (Å²) in [5.41, 5.74) is 6.82. The number of benzene rings is 1. The summed E-state index contributed by atoms with van der Waals surface area (Å²) in [5.74, 6) is 2.87. The minimum absolute atomic E-state index is 0.123. The van der Waals surface area contributed by atoms with E-state index in [1.807, 2.05) is 0 Å². The summed E-state index contributed by atoms with van der Waals surface area (Å²) < 4.78 is 5.01. The average molecular weight is 218 g/mol. The van der Waals surface area contributed by atoms with Crippen molar-refractivity contribution in [3.05, 3.63) is 18.2 Å². The zero-order chi connectivity index (χ0) is 12.0. The summed E-state index contributed by atoms with van der Waals surface area (Å²) in [4.78, 5) is 11.4. The Morgan fingerprint density at radius 2 is 2.38 bits per heavy atom. The van der Waals surface area contributed by atoms with Gasteiger partial charge in [0.2, 0.25) is 5.91 Å². The quantitative estimate of drug-likeness (QED) is 0.596. The number of methoxy groups -OCH3 is 1. The normalized spacial score (nSPS) is 9.25. The van der Waals surface area contributed by atoms with Crippen molar-refractivity contribution in [1.82, 2.24) is 0 Å². The highest BCUT2D eigenvalue weighted by Crippen LogP contribution is 2.24. The molecule has 4 heteroatoms. The maximum absolute atomic E-state index is 11.4. The summed E-state index contributed by atoms with van der Waals surface area (Å²) in [6.45, 7) is 0. The van der Waals surface area contributed by atoms with Crippen LogP contribution in [-0.2, 0) is 4.79 Å². The van der Waals surface area contributed by atoms with Gasteiger partial charge < -0.3 is 15.8 Å². The highest BCUT2D eigenvalue weighted by atomic mass is 16.5. The molecule has 0 bridgehead atoms. The molecule has 0 saturated carbocycles. The number of amides is 1. The van der Waals surface area contributed by atoms with Crippen LogP contribution in [0.2, 0.25) is 0 Å². The van der Waals surface area contributed by atoms with Gasteiger partial charge in [-0.15, -0.1) is 12.3 Å². The van der Waals surface area contributed by atoms with Crippen LogP contribution in [0.3, 0.4) is 0 Å². The molecule has 1 aromatic rings. The fourth-order valence-corrected chi connectivity index (χ4v) is 1.22. The molecular formula is C12H14N2O2. The van der Waals surface area contributed by atoms with Gasteiger partial charge in [0.15, 0.2) is 0 Å². The molecular weight excluding hydrogens is 204 g/mol. The third-order valence-corrected chi connectivity index (χ3v) is 2.01. The lowest BCUT2D eigenvalue weighted by Gasteiger charge is -2.08. The molecule has 4 nitrogen and oxygen atoms in total. The number of nitrogens with one attached hydrogen (secondary N) is 1. The molecule has 0 aliphatic rings. The number of hydrogen-bond donors (Lipinski definition) is 2. The minimum Gasteiger partial charge on any atom is -0.495 e. The van der Waals surface area contributed by atoms with Crippen molar-refractivity contribution < 1.29 is 9.53 Å². The van der Waals surface area contributed by atoms with E-state index in [0.717, 1.165) is 0 Å². The Morgan fingerprint density at radius 3 is 2.94 bits per heavy atom. The molecule has 0 radical (unpaired) electrons. The Bertz CT molecular complexity index is 422. The van der Waals surface area contributed by atoms with Crippen molar-refractivity contribution in [2.75, 3.05) is 18.2 Å². The molecule has 0 atom stereocenters. The van der Waals surface area contributed by atoms with Crippen LogP contribution >= 0.6 is 0 Å². The van der Waals surface area contributed by atoms with Crippen molar-refractivity contribution in [2.24, 2.45) is 0 Å². The lowest BCUT2D eigenvalue weighted by atomic mass is 10.2. The molecule has 16 heavy (non-hydrogen) atoms. The largest absolute Gasteiger partial charge is 0.495 e. The Morgan fingerprint density at radius 1 is 1.62 bits per heavy atom. The first-order chi connectivity index (χ1) is 7.67. The molecule has 1 rings (SSSR count). The average Bonchev–Trinajstić information content (AvgIpc) is 2.26. The first kappa shape index (κ1) is 11.9. The van der Waals surface area contributed by atoms with Gasteiger partial charge in [-0.2, -0.15) is 0 Å². The summed E-state index contributed by atoms with van der Waals surface area (Å²) in [6, 6.07) is 5.07. The van der Waals surface area contributed by atoms with Gasteiger partial charge in [-0.1, -0.05) is 0 Å². The molecule has 3 N–H and O–H groups in total. The van der Waals surface area contributed by atoms with E-state index in [4.69, 9.17) is 16.9 Å². The standard InChI is InChI=1S/C12H14N2O2/c1-3-4-5-12(15)14-9-6-7-11(16-2)10(13)8-9/h1,6-8H,4-5,13H2,2H3,(H,14,15). The number of ether oxygens (including phenoxy) is 1. The zero-order valence-electron chi connectivity index (χ0n) is 9.12. The molecule has 1 aromatic carbocycles.